The second-order valence-electron chi connectivity index (χ2n) is 5.82. The number of carbonyl (C=O) groups excluding carboxylic acids is 2. The molecule has 5 nitrogen and oxygen atoms in total. The number of nitrogens with one attached hydrogen (secondary N) is 1. The second-order valence-corrected chi connectivity index (χ2v) is 7.26. The maximum atomic E-state index is 12.8. The van der Waals surface area contributed by atoms with Crippen molar-refractivity contribution in [2.75, 3.05) is 25.3 Å². The van der Waals surface area contributed by atoms with Crippen molar-refractivity contribution in [2.45, 2.75) is 18.9 Å². The minimum Gasteiger partial charge on any atom is -0.496 e. The molecule has 23 heavy (non-hydrogen) atoms. The number of thioether (sulfide) groups is 1. The third-order valence-electron chi connectivity index (χ3n) is 4.10. The van der Waals surface area contributed by atoms with Gasteiger partial charge in [-0.15, -0.1) is 11.8 Å². The number of nitrogens with zero attached hydrogens (tertiary/aromatic N) is 1. The first kappa shape index (κ1) is 16.5. The van der Waals surface area contributed by atoms with Crippen LogP contribution in [0.5, 0.6) is 5.75 Å². The van der Waals surface area contributed by atoms with Crippen LogP contribution in [0.1, 0.15) is 23.2 Å². The number of ether oxygens (including phenoxy) is 1. The van der Waals surface area contributed by atoms with Crippen molar-refractivity contribution in [2.24, 2.45) is 5.92 Å². The number of rotatable bonds is 5. The summed E-state index contributed by atoms with van der Waals surface area (Å²) in [4.78, 5) is 26.8. The van der Waals surface area contributed by atoms with Crippen molar-refractivity contribution in [1.82, 2.24) is 10.2 Å². The Hall–Kier alpha value is -1.40. The van der Waals surface area contributed by atoms with Gasteiger partial charge in [0, 0.05) is 17.3 Å². The average molecular weight is 355 g/mol. The topological polar surface area (TPSA) is 58.6 Å². The van der Waals surface area contributed by atoms with Crippen LogP contribution in [0.25, 0.3) is 0 Å². The fraction of sp³-hybridized carbons (Fsp3) is 0.500. The van der Waals surface area contributed by atoms with Crippen LogP contribution in [0.2, 0.25) is 5.02 Å². The fourth-order valence-electron chi connectivity index (χ4n) is 2.54. The summed E-state index contributed by atoms with van der Waals surface area (Å²) in [6.45, 7) is 0.715. The molecule has 0 aromatic heterocycles. The van der Waals surface area contributed by atoms with Crippen molar-refractivity contribution in [3.8, 4) is 5.75 Å². The molecule has 3 rings (SSSR count). The molecule has 0 bridgehead atoms. The Kier molecular flexibility index (Phi) is 5.02. The zero-order chi connectivity index (χ0) is 16.4. The Morgan fingerprint density at radius 3 is 2.91 bits per heavy atom. The molecule has 1 aromatic rings. The molecule has 1 N–H and O–H groups in total. The maximum Gasteiger partial charge on any atom is 0.259 e. The third-order valence-corrected chi connectivity index (χ3v) is 5.35. The van der Waals surface area contributed by atoms with Crippen molar-refractivity contribution < 1.29 is 14.3 Å². The first-order chi connectivity index (χ1) is 11.1. The van der Waals surface area contributed by atoms with Gasteiger partial charge in [0.25, 0.3) is 5.91 Å². The number of amides is 2. The molecule has 0 radical (unpaired) electrons. The molecule has 1 atom stereocenters. The first-order valence-electron chi connectivity index (χ1n) is 7.60. The lowest BCUT2D eigenvalue weighted by molar-refractivity contribution is -0.124. The molecule has 1 unspecified atom stereocenters. The highest BCUT2D eigenvalue weighted by Gasteiger charge is 2.36. The normalized spacial score (nSPS) is 20.4. The summed E-state index contributed by atoms with van der Waals surface area (Å²) in [5, 5.41) is 3.47. The van der Waals surface area contributed by atoms with Gasteiger partial charge in [0.1, 0.15) is 11.8 Å². The maximum absolute atomic E-state index is 12.8. The first-order valence-corrected chi connectivity index (χ1v) is 9.13. The highest BCUT2D eigenvalue weighted by atomic mass is 35.5. The van der Waals surface area contributed by atoms with E-state index in [0.29, 0.717) is 40.4 Å². The molecule has 1 saturated heterocycles. The molecular formula is C16H19ClN2O3S. The molecule has 1 aliphatic heterocycles. The molecular weight excluding hydrogens is 336 g/mol. The van der Waals surface area contributed by atoms with Crippen molar-refractivity contribution >= 4 is 35.2 Å². The highest BCUT2D eigenvalue weighted by Crippen LogP contribution is 2.30. The van der Waals surface area contributed by atoms with Crippen LogP contribution in [-0.4, -0.2) is 48.0 Å². The van der Waals surface area contributed by atoms with Crippen LogP contribution >= 0.6 is 23.4 Å². The van der Waals surface area contributed by atoms with Crippen LogP contribution in [0.3, 0.4) is 0 Å². The van der Waals surface area contributed by atoms with Crippen LogP contribution in [0.15, 0.2) is 18.2 Å². The Balaban J connectivity index is 1.73. The van der Waals surface area contributed by atoms with Crippen molar-refractivity contribution in [3.05, 3.63) is 28.8 Å². The molecule has 7 heteroatoms. The summed E-state index contributed by atoms with van der Waals surface area (Å²) >= 11 is 7.53. The van der Waals surface area contributed by atoms with Gasteiger partial charge in [-0.1, -0.05) is 11.6 Å². The van der Waals surface area contributed by atoms with Gasteiger partial charge in [-0.25, -0.2) is 0 Å². The summed E-state index contributed by atoms with van der Waals surface area (Å²) in [6, 6.07) is 4.49. The molecule has 124 valence electrons. The van der Waals surface area contributed by atoms with E-state index in [9.17, 15) is 9.59 Å². The zero-order valence-corrected chi connectivity index (χ0v) is 14.5. The van der Waals surface area contributed by atoms with Crippen LogP contribution < -0.4 is 10.1 Å². The zero-order valence-electron chi connectivity index (χ0n) is 12.9. The van der Waals surface area contributed by atoms with E-state index in [4.69, 9.17) is 16.3 Å². The van der Waals surface area contributed by atoms with E-state index < -0.39 is 6.04 Å². The van der Waals surface area contributed by atoms with Gasteiger partial charge in [-0.2, -0.15) is 0 Å². The van der Waals surface area contributed by atoms with Gasteiger partial charge >= 0.3 is 0 Å². The molecule has 2 fully saturated rings. The predicted octanol–water partition coefficient (Wildman–Crippen LogP) is 2.39. The van der Waals surface area contributed by atoms with Crippen LogP contribution in [0, 0.1) is 5.92 Å². The summed E-state index contributed by atoms with van der Waals surface area (Å²) in [5.41, 5.74) is 0.430. The van der Waals surface area contributed by atoms with Gasteiger partial charge in [0.15, 0.2) is 0 Å². The molecule has 2 aliphatic rings. The minimum atomic E-state index is -0.424. The Morgan fingerprint density at radius 2 is 2.22 bits per heavy atom. The van der Waals surface area contributed by atoms with E-state index in [1.165, 1.54) is 20.0 Å². The Labute approximate surface area is 144 Å². The molecule has 1 saturated carbocycles. The second kappa shape index (κ2) is 7.01. The average Bonchev–Trinajstić information content (AvgIpc) is 3.25. The van der Waals surface area contributed by atoms with Gasteiger partial charge in [-0.3, -0.25) is 9.59 Å². The number of hydrogen-bond acceptors (Lipinski definition) is 4. The van der Waals surface area contributed by atoms with E-state index in [1.54, 1.807) is 34.9 Å². The third kappa shape index (κ3) is 3.75. The quantitative estimate of drug-likeness (QED) is 0.882. The minimum absolute atomic E-state index is 0.0665. The van der Waals surface area contributed by atoms with E-state index in [0.717, 1.165) is 0 Å². The predicted molar refractivity (Wildman–Crippen MR) is 91.0 cm³/mol. The van der Waals surface area contributed by atoms with Crippen LogP contribution in [-0.2, 0) is 4.79 Å². The number of benzene rings is 1. The van der Waals surface area contributed by atoms with Gasteiger partial charge < -0.3 is 15.0 Å². The smallest absolute Gasteiger partial charge is 0.259 e. The lowest BCUT2D eigenvalue weighted by Gasteiger charge is -2.24. The summed E-state index contributed by atoms with van der Waals surface area (Å²) < 4.78 is 5.25. The van der Waals surface area contributed by atoms with E-state index >= 15 is 0 Å². The van der Waals surface area contributed by atoms with E-state index in [1.807, 2.05) is 0 Å². The van der Waals surface area contributed by atoms with Crippen molar-refractivity contribution in [3.63, 3.8) is 0 Å². The van der Waals surface area contributed by atoms with E-state index in [-0.39, 0.29) is 11.8 Å². The highest BCUT2D eigenvalue weighted by molar-refractivity contribution is 7.99. The molecule has 1 aromatic carbocycles. The van der Waals surface area contributed by atoms with Crippen LogP contribution in [0.4, 0.5) is 0 Å². The summed E-state index contributed by atoms with van der Waals surface area (Å²) in [7, 11) is 1.50. The standard InChI is InChI=1S/C16H19ClN2O3S/c1-22-14-6-11(17)4-5-12(14)16(21)19-9-23-8-13(19)15(20)18-7-10-2-3-10/h4-6,10,13H,2-3,7-9H2,1H3,(H,18,20). The monoisotopic (exact) mass is 354 g/mol. The number of hydrogen-bond donors (Lipinski definition) is 1. The summed E-state index contributed by atoms with van der Waals surface area (Å²) in [5.74, 6) is 1.91. The molecule has 0 spiro atoms. The number of halogens is 1. The van der Waals surface area contributed by atoms with Gasteiger partial charge in [0.2, 0.25) is 5.91 Å². The van der Waals surface area contributed by atoms with Crippen molar-refractivity contribution in [1.29, 1.82) is 0 Å². The number of methoxy groups -OCH3 is 1. The van der Waals surface area contributed by atoms with Gasteiger partial charge in [-0.05, 0) is 37.0 Å². The van der Waals surface area contributed by atoms with Gasteiger partial charge in [0.05, 0.1) is 18.6 Å². The fourth-order valence-corrected chi connectivity index (χ4v) is 3.86. The summed E-state index contributed by atoms with van der Waals surface area (Å²) in [6.07, 6.45) is 2.37. The SMILES string of the molecule is COc1cc(Cl)ccc1C(=O)N1CSCC1C(=O)NCC1CC1. The Morgan fingerprint density at radius 1 is 1.43 bits per heavy atom. The lowest BCUT2D eigenvalue weighted by Crippen LogP contribution is -2.47. The molecule has 1 heterocycles. The largest absolute Gasteiger partial charge is 0.496 e. The molecule has 2 amide bonds. The Bertz CT molecular complexity index is 621. The lowest BCUT2D eigenvalue weighted by atomic mass is 10.1. The van der Waals surface area contributed by atoms with E-state index in [2.05, 4.69) is 5.32 Å². The molecule has 1 aliphatic carbocycles. The number of carbonyl (C=O) groups is 2.